The van der Waals surface area contributed by atoms with Crippen molar-refractivity contribution in [3.8, 4) is 0 Å². The molecule has 5 rings (SSSR count). The van der Waals surface area contributed by atoms with Crippen molar-refractivity contribution in [1.82, 2.24) is 0 Å². The molecule has 2 atom stereocenters. The molecular weight excluding hydrogens is 512 g/mol. The van der Waals surface area contributed by atoms with E-state index < -0.39 is 0 Å². The lowest BCUT2D eigenvalue weighted by atomic mass is 9.81. The van der Waals surface area contributed by atoms with E-state index in [9.17, 15) is 0 Å². The van der Waals surface area contributed by atoms with E-state index in [1.54, 1.807) is 0 Å². The summed E-state index contributed by atoms with van der Waals surface area (Å²) < 4.78 is 2.40. The van der Waals surface area contributed by atoms with E-state index in [0.717, 1.165) is 9.52 Å². The molecule has 0 bridgehead atoms. The van der Waals surface area contributed by atoms with Gasteiger partial charge in [0.1, 0.15) is 0 Å². The Kier molecular flexibility index (Phi) is 5.47. The fourth-order valence-electron chi connectivity index (χ4n) is 5.12. The molecule has 3 aromatic rings. The van der Waals surface area contributed by atoms with Crippen molar-refractivity contribution in [2.75, 3.05) is 0 Å². The SMILES string of the molecule is CC1=Cc2c(Br)cccc2C1C([Si]c1ccccc1)C1C(C)=Cc2c(Br)cccc21. The normalized spacial score (nSPS) is 20.4. The first-order chi connectivity index (χ1) is 14.5. The van der Waals surface area contributed by atoms with Crippen molar-refractivity contribution in [3.05, 3.63) is 109 Å². The van der Waals surface area contributed by atoms with Gasteiger partial charge in [0.2, 0.25) is 0 Å². The van der Waals surface area contributed by atoms with Crippen LogP contribution in [0.3, 0.4) is 0 Å². The lowest BCUT2D eigenvalue weighted by Gasteiger charge is -2.33. The van der Waals surface area contributed by atoms with Crippen molar-refractivity contribution >= 4 is 58.7 Å². The van der Waals surface area contributed by atoms with Gasteiger partial charge in [-0.2, -0.15) is 0 Å². The molecule has 0 fully saturated rings. The van der Waals surface area contributed by atoms with E-state index in [4.69, 9.17) is 0 Å². The van der Waals surface area contributed by atoms with Crippen LogP contribution < -0.4 is 5.19 Å². The lowest BCUT2D eigenvalue weighted by molar-refractivity contribution is 0.637. The summed E-state index contributed by atoms with van der Waals surface area (Å²) in [4.78, 5) is 0. The van der Waals surface area contributed by atoms with Crippen LogP contribution in [0.2, 0.25) is 5.54 Å². The molecule has 0 N–H and O–H groups in total. The number of hydrogen-bond acceptors (Lipinski definition) is 0. The molecule has 0 saturated heterocycles. The van der Waals surface area contributed by atoms with E-state index in [2.05, 4.69) is 125 Å². The van der Waals surface area contributed by atoms with Gasteiger partial charge in [-0.15, -0.1) is 0 Å². The van der Waals surface area contributed by atoms with Gasteiger partial charge in [0.05, 0.1) is 9.52 Å². The van der Waals surface area contributed by atoms with Gasteiger partial charge in [0.25, 0.3) is 0 Å². The molecule has 2 unspecified atom stereocenters. The summed E-state index contributed by atoms with van der Waals surface area (Å²) in [7, 11) is 0.741. The highest BCUT2D eigenvalue weighted by Gasteiger charge is 2.40. The van der Waals surface area contributed by atoms with Gasteiger partial charge in [-0.05, 0) is 53.8 Å². The van der Waals surface area contributed by atoms with Crippen molar-refractivity contribution in [2.45, 2.75) is 31.2 Å². The van der Waals surface area contributed by atoms with Crippen LogP contribution in [-0.2, 0) is 0 Å². The summed E-state index contributed by atoms with van der Waals surface area (Å²) in [6.07, 6.45) is 4.78. The van der Waals surface area contributed by atoms with Gasteiger partial charge < -0.3 is 0 Å². The number of rotatable bonds is 4. The monoisotopic (exact) mass is 532 g/mol. The first-order valence-corrected chi connectivity index (χ1v) is 13.0. The van der Waals surface area contributed by atoms with Gasteiger partial charge in [-0.1, -0.05) is 115 Å². The molecule has 0 saturated carbocycles. The highest BCUT2D eigenvalue weighted by molar-refractivity contribution is 9.10. The van der Waals surface area contributed by atoms with Crippen molar-refractivity contribution in [1.29, 1.82) is 0 Å². The van der Waals surface area contributed by atoms with Gasteiger partial charge in [0, 0.05) is 20.8 Å². The van der Waals surface area contributed by atoms with Crippen molar-refractivity contribution in [3.63, 3.8) is 0 Å². The van der Waals surface area contributed by atoms with Crippen LogP contribution in [-0.4, -0.2) is 9.52 Å². The summed E-state index contributed by atoms with van der Waals surface area (Å²) in [6.45, 7) is 4.63. The molecular formula is C27H22Br2Si. The zero-order valence-electron chi connectivity index (χ0n) is 17.0. The maximum Gasteiger partial charge on any atom is 0.0861 e. The molecule has 0 spiro atoms. The topological polar surface area (TPSA) is 0 Å². The third kappa shape index (κ3) is 3.41. The third-order valence-electron chi connectivity index (χ3n) is 6.39. The number of benzene rings is 3. The minimum atomic E-state index is 0.425. The summed E-state index contributed by atoms with van der Waals surface area (Å²) in [5.41, 5.74) is 9.08. The quantitative estimate of drug-likeness (QED) is 0.301. The predicted octanol–water partition coefficient (Wildman–Crippen LogP) is 7.73. The molecule has 0 aliphatic heterocycles. The average molecular weight is 534 g/mol. The molecule has 0 aromatic heterocycles. The van der Waals surface area contributed by atoms with Crippen LogP contribution in [0, 0.1) is 0 Å². The van der Waals surface area contributed by atoms with Crippen LogP contribution in [0.1, 0.15) is 47.9 Å². The summed E-state index contributed by atoms with van der Waals surface area (Å²) >= 11 is 7.58. The van der Waals surface area contributed by atoms with Crippen LogP contribution in [0.5, 0.6) is 0 Å². The number of hydrogen-bond donors (Lipinski definition) is 0. The lowest BCUT2D eigenvalue weighted by Crippen LogP contribution is -2.28. The molecule has 148 valence electrons. The van der Waals surface area contributed by atoms with Crippen LogP contribution in [0.25, 0.3) is 12.2 Å². The average Bonchev–Trinajstić information content (AvgIpc) is 3.25. The molecule has 3 heteroatoms. The molecule has 2 aliphatic carbocycles. The largest absolute Gasteiger partial charge is 0.0861 e. The first-order valence-electron chi connectivity index (χ1n) is 10.3. The predicted molar refractivity (Wildman–Crippen MR) is 137 cm³/mol. The zero-order valence-corrected chi connectivity index (χ0v) is 21.2. The Morgan fingerprint density at radius 2 is 1.17 bits per heavy atom. The Hall–Kier alpha value is -1.68. The fourth-order valence-corrected chi connectivity index (χ4v) is 8.10. The molecule has 30 heavy (non-hydrogen) atoms. The van der Waals surface area contributed by atoms with Crippen LogP contribution in [0.4, 0.5) is 0 Å². The molecule has 3 aromatic carbocycles. The Bertz CT molecular complexity index is 1100. The summed E-state index contributed by atoms with van der Waals surface area (Å²) in [5.74, 6) is 0.851. The minimum Gasteiger partial charge on any atom is -0.0651 e. The molecule has 0 heterocycles. The second kappa shape index (κ2) is 8.10. The van der Waals surface area contributed by atoms with Crippen molar-refractivity contribution in [2.24, 2.45) is 0 Å². The second-order valence-electron chi connectivity index (χ2n) is 8.25. The van der Waals surface area contributed by atoms with Gasteiger partial charge >= 0.3 is 0 Å². The Labute approximate surface area is 198 Å². The van der Waals surface area contributed by atoms with Crippen LogP contribution >= 0.6 is 31.9 Å². The fraction of sp³-hybridized carbons (Fsp3) is 0.185. The smallest absolute Gasteiger partial charge is 0.0651 e. The first kappa shape index (κ1) is 20.2. The van der Waals surface area contributed by atoms with E-state index in [-0.39, 0.29) is 0 Å². The zero-order chi connectivity index (χ0) is 20.8. The second-order valence-corrected chi connectivity index (χ2v) is 11.5. The highest BCUT2D eigenvalue weighted by Crippen LogP contribution is 2.55. The Morgan fingerprint density at radius 1 is 0.667 bits per heavy atom. The molecule has 2 radical (unpaired) electrons. The summed E-state index contributed by atoms with van der Waals surface area (Å²) in [5, 5.41) is 1.44. The van der Waals surface area contributed by atoms with E-state index >= 15 is 0 Å². The Morgan fingerprint density at radius 3 is 1.67 bits per heavy atom. The molecule has 0 amide bonds. The maximum atomic E-state index is 3.79. The highest BCUT2D eigenvalue weighted by atomic mass is 79.9. The van der Waals surface area contributed by atoms with Crippen LogP contribution in [0.15, 0.2) is 86.8 Å². The van der Waals surface area contributed by atoms with E-state index in [1.165, 1.54) is 47.5 Å². The summed E-state index contributed by atoms with van der Waals surface area (Å²) in [6, 6.07) is 24.4. The number of halogens is 2. The standard InChI is InChI=1S/C27H22Br2Si/c1-16-14-21-19(10-6-12-23(21)28)25(16)27(30-18-8-4-3-5-9-18)26-17(2)15-22-20(26)11-7-13-24(22)29/h3-15,25-27H,1-2H3. The maximum absolute atomic E-state index is 3.79. The van der Waals surface area contributed by atoms with Gasteiger partial charge in [-0.3, -0.25) is 0 Å². The van der Waals surface area contributed by atoms with E-state index in [1.807, 2.05) is 0 Å². The third-order valence-corrected chi connectivity index (χ3v) is 9.44. The molecule has 0 nitrogen and oxygen atoms in total. The Balaban J connectivity index is 1.66. The van der Waals surface area contributed by atoms with E-state index in [0.29, 0.717) is 17.4 Å². The van der Waals surface area contributed by atoms with Crippen molar-refractivity contribution < 1.29 is 0 Å². The molecule has 2 aliphatic rings. The van der Waals surface area contributed by atoms with Gasteiger partial charge in [-0.25, -0.2) is 0 Å². The number of fused-ring (bicyclic) bond motifs is 2. The van der Waals surface area contributed by atoms with Gasteiger partial charge in [0.15, 0.2) is 0 Å². The minimum absolute atomic E-state index is 0.425. The number of allylic oxidation sites excluding steroid dienone is 2.